The lowest BCUT2D eigenvalue weighted by atomic mass is 9.98. The topological polar surface area (TPSA) is 123 Å². The van der Waals surface area contributed by atoms with Crippen molar-refractivity contribution in [2.75, 3.05) is 11.9 Å². The van der Waals surface area contributed by atoms with Crippen molar-refractivity contribution in [3.63, 3.8) is 0 Å². The minimum absolute atomic E-state index is 0.0738. The average molecular weight is 488 g/mol. The summed E-state index contributed by atoms with van der Waals surface area (Å²) < 4.78 is 44.4. The van der Waals surface area contributed by atoms with Gasteiger partial charge in [-0.05, 0) is 22.3 Å². The number of fused-ring (bicyclic) bond motifs is 3. The molecule has 1 atom stereocenters. The molecule has 4 rings (SSSR count). The fraction of sp³-hybridized carbons (Fsp3) is 0.217. The van der Waals surface area contributed by atoms with E-state index in [2.05, 4.69) is 10.4 Å². The first-order valence-electron chi connectivity index (χ1n) is 10.4. The Morgan fingerprint density at radius 2 is 1.66 bits per heavy atom. The first-order chi connectivity index (χ1) is 16.6. The van der Waals surface area contributed by atoms with E-state index in [4.69, 9.17) is 9.84 Å². The summed E-state index contributed by atoms with van der Waals surface area (Å²) in [6, 6.07) is 12.6. The van der Waals surface area contributed by atoms with Crippen molar-refractivity contribution < 1.29 is 37.4 Å². The molecule has 1 aliphatic carbocycles. The van der Waals surface area contributed by atoms with Crippen LogP contribution in [0.2, 0.25) is 0 Å². The number of benzene rings is 2. The number of alkyl halides is 3. The smallest absolute Gasteiger partial charge is 0.419 e. The number of rotatable bonds is 7. The number of aromatic nitrogens is 2. The van der Waals surface area contributed by atoms with Crippen LogP contribution in [0.5, 0.6) is 0 Å². The standard InChI is InChI=1S/C23H19F3N4O5/c24-23(25,26)20(21(32)33)29-19(31)11-30-10-13(9-27-30)28-22(34)35-12-18-16-7-3-1-5-14(16)15-6-2-4-8-17(15)18/h1-10,18,20H,11-12H2,(H,28,34)(H,29,31)(H,32,33). The molecule has 0 radical (unpaired) electrons. The number of aliphatic carboxylic acids is 1. The van der Waals surface area contributed by atoms with E-state index in [-0.39, 0.29) is 18.2 Å². The second-order valence-corrected chi connectivity index (χ2v) is 7.76. The first-order valence-corrected chi connectivity index (χ1v) is 10.4. The van der Waals surface area contributed by atoms with Crippen LogP contribution in [0.4, 0.5) is 23.7 Å². The molecule has 12 heteroatoms. The predicted molar refractivity (Wildman–Crippen MR) is 117 cm³/mol. The molecule has 0 fully saturated rings. The number of carbonyl (C=O) groups is 3. The molecule has 0 saturated carbocycles. The molecule has 35 heavy (non-hydrogen) atoms. The number of carbonyl (C=O) groups excluding carboxylic acids is 2. The predicted octanol–water partition coefficient (Wildman–Crippen LogP) is 3.38. The Balaban J connectivity index is 1.33. The van der Waals surface area contributed by atoms with Gasteiger partial charge in [0.2, 0.25) is 11.9 Å². The van der Waals surface area contributed by atoms with Gasteiger partial charge in [-0.3, -0.25) is 14.8 Å². The fourth-order valence-electron chi connectivity index (χ4n) is 3.90. The van der Waals surface area contributed by atoms with Crippen molar-refractivity contribution in [2.24, 2.45) is 0 Å². The Morgan fingerprint density at radius 3 is 2.23 bits per heavy atom. The maximum absolute atomic E-state index is 12.7. The summed E-state index contributed by atoms with van der Waals surface area (Å²) in [5.41, 5.74) is 4.37. The monoisotopic (exact) mass is 488 g/mol. The number of carboxylic acid groups (broad SMARTS) is 1. The lowest BCUT2D eigenvalue weighted by Crippen LogP contribution is -2.51. The molecule has 0 saturated heterocycles. The van der Waals surface area contributed by atoms with E-state index in [0.29, 0.717) is 0 Å². The second kappa shape index (κ2) is 9.49. The van der Waals surface area contributed by atoms with Crippen LogP contribution < -0.4 is 10.6 Å². The van der Waals surface area contributed by atoms with E-state index in [1.165, 1.54) is 17.7 Å². The van der Waals surface area contributed by atoms with Gasteiger partial charge in [0.05, 0.1) is 11.9 Å². The highest BCUT2D eigenvalue weighted by Gasteiger charge is 2.46. The zero-order valence-corrected chi connectivity index (χ0v) is 18.0. The van der Waals surface area contributed by atoms with Gasteiger partial charge in [-0.2, -0.15) is 18.3 Å². The van der Waals surface area contributed by atoms with Gasteiger partial charge in [-0.1, -0.05) is 48.5 Å². The van der Waals surface area contributed by atoms with Gasteiger partial charge in [-0.25, -0.2) is 9.59 Å². The fourth-order valence-corrected chi connectivity index (χ4v) is 3.90. The summed E-state index contributed by atoms with van der Waals surface area (Å²) in [6.07, 6.45) is -3.56. The Bertz CT molecular complexity index is 1230. The summed E-state index contributed by atoms with van der Waals surface area (Å²) in [5, 5.41) is 16.3. The maximum Gasteiger partial charge on any atom is 0.419 e. The van der Waals surface area contributed by atoms with Crippen LogP contribution in [-0.4, -0.2) is 51.7 Å². The van der Waals surface area contributed by atoms with Gasteiger partial charge >= 0.3 is 18.2 Å². The van der Waals surface area contributed by atoms with Gasteiger partial charge in [0.25, 0.3) is 0 Å². The highest BCUT2D eigenvalue weighted by Crippen LogP contribution is 2.44. The molecule has 1 unspecified atom stereocenters. The molecule has 1 heterocycles. The normalized spacial score (nSPS) is 13.5. The largest absolute Gasteiger partial charge is 0.479 e. The average Bonchev–Trinajstić information content (AvgIpc) is 3.37. The van der Waals surface area contributed by atoms with E-state index in [1.807, 2.05) is 48.5 Å². The Kier molecular flexibility index (Phi) is 6.45. The van der Waals surface area contributed by atoms with Crippen molar-refractivity contribution in [3.8, 4) is 11.1 Å². The number of hydrogen-bond acceptors (Lipinski definition) is 5. The number of amides is 2. The van der Waals surface area contributed by atoms with E-state index in [1.54, 1.807) is 0 Å². The van der Waals surface area contributed by atoms with Crippen molar-refractivity contribution in [3.05, 3.63) is 72.1 Å². The molecule has 2 amide bonds. The Labute approximate surface area is 196 Å². The summed E-state index contributed by atoms with van der Waals surface area (Å²) in [4.78, 5) is 34.9. The third-order valence-electron chi connectivity index (χ3n) is 5.41. The molecule has 3 aromatic rings. The molecule has 1 aliphatic rings. The molecule has 0 bridgehead atoms. The van der Waals surface area contributed by atoms with E-state index < -0.39 is 36.7 Å². The molecule has 3 N–H and O–H groups in total. The van der Waals surface area contributed by atoms with Crippen LogP contribution in [0.15, 0.2) is 60.9 Å². The minimum atomic E-state index is -5.15. The molecule has 1 aromatic heterocycles. The molecule has 0 aliphatic heterocycles. The lowest BCUT2D eigenvalue weighted by molar-refractivity contribution is -0.182. The highest BCUT2D eigenvalue weighted by molar-refractivity contribution is 5.85. The van der Waals surface area contributed by atoms with Crippen molar-refractivity contribution >= 4 is 23.7 Å². The Hall–Kier alpha value is -4.35. The highest BCUT2D eigenvalue weighted by atomic mass is 19.4. The van der Waals surface area contributed by atoms with Crippen molar-refractivity contribution in [1.82, 2.24) is 15.1 Å². The number of nitrogens with one attached hydrogen (secondary N) is 2. The number of carboxylic acids is 1. The molecule has 182 valence electrons. The van der Waals surface area contributed by atoms with Gasteiger partial charge in [0.15, 0.2) is 0 Å². The summed E-state index contributed by atoms with van der Waals surface area (Å²) >= 11 is 0. The lowest BCUT2D eigenvalue weighted by Gasteiger charge is -2.17. The van der Waals surface area contributed by atoms with Crippen molar-refractivity contribution in [1.29, 1.82) is 0 Å². The molecular formula is C23H19F3N4O5. The van der Waals surface area contributed by atoms with Gasteiger partial charge in [0, 0.05) is 12.1 Å². The summed E-state index contributed by atoms with van der Waals surface area (Å²) in [7, 11) is 0. The molecule has 0 spiro atoms. The van der Waals surface area contributed by atoms with Crippen LogP contribution >= 0.6 is 0 Å². The number of halogens is 3. The number of anilines is 1. The second-order valence-electron chi connectivity index (χ2n) is 7.76. The van der Waals surface area contributed by atoms with Gasteiger partial charge in [0.1, 0.15) is 13.2 Å². The zero-order valence-electron chi connectivity index (χ0n) is 18.0. The number of ether oxygens (including phenoxy) is 1. The van der Waals surface area contributed by atoms with Crippen LogP contribution in [-0.2, 0) is 20.9 Å². The zero-order chi connectivity index (χ0) is 25.2. The SMILES string of the molecule is O=C(Cn1cc(NC(=O)OCC2c3ccccc3-c3ccccc32)cn1)NC(C(=O)O)C(F)(F)F. The summed E-state index contributed by atoms with van der Waals surface area (Å²) in [6.45, 7) is -0.614. The third-order valence-corrected chi connectivity index (χ3v) is 5.41. The van der Waals surface area contributed by atoms with E-state index >= 15 is 0 Å². The first kappa shape index (κ1) is 23.8. The van der Waals surface area contributed by atoms with Crippen LogP contribution in [0, 0.1) is 0 Å². The van der Waals surface area contributed by atoms with Crippen LogP contribution in [0.1, 0.15) is 17.0 Å². The van der Waals surface area contributed by atoms with Crippen molar-refractivity contribution in [2.45, 2.75) is 24.7 Å². The van der Waals surface area contributed by atoms with Crippen LogP contribution in [0.25, 0.3) is 11.1 Å². The number of nitrogens with zero attached hydrogens (tertiary/aromatic N) is 2. The van der Waals surface area contributed by atoms with E-state index in [9.17, 15) is 27.6 Å². The molecule has 2 aromatic carbocycles. The third kappa shape index (κ3) is 5.26. The quantitative estimate of drug-likeness (QED) is 0.469. The molecular weight excluding hydrogens is 469 g/mol. The minimum Gasteiger partial charge on any atom is -0.479 e. The molecule has 9 nitrogen and oxygen atoms in total. The van der Waals surface area contributed by atoms with Crippen LogP contribution in [0.3, 0.4) is 0 Å². The summed E-state index contributed by atoms with van der Waals surface area (Å²) in [5.74, 6) is -3.59. The van der Waals surface area contributed by atoms with E-state index in [0.717, 1.165) is 26.9 Å². The Morgan fingerprint density at radius 1 is 1.06 bits per heavy atom. The maximum atomic E-state index is 12.7. The van der Waals surface area contributed by atoms with Gasteiger partial charge < -0.3 is 15.2 Å². The van der Waals surface area contributed by atoms with Gasteiger partial charge in [-0.15, -0.1) is 0 Å². The number of hydrogen-bond donors (Lipinski definition) is 3.